The third-order valence-corrected chi connectivity index (χ3v) is 6.09. The van der Waals surface area contributed by atoms with Crippen LogP contribution in [-0.2, 0) is 6.42 Å². The summed E-state index contributed by atoms with van der Waals surface area (Å²) in [5.74, 6) is 1.19. The first-order valence-corrected chi connectivity index (χ1v) is 11.0. The second kappa shape index (κ2) is 9.27. The molecule has 0 atom stereocenters. The number of hydrogen-bond donors (Lipinski definition) is 2. The number of amides is 2. The number of carbonyl (C=O) groups is 1. The minimum Gasteiger partial charge on any atom is -0.495 e. The molecule has 2 aromatic heterocycles. The van der Waals surface area contributed by atoms with Gasteiger partial charge in [-0.05, 0) is 62.2 Å². The summed E-state index contributed by atoms with van der Waals surface area (Å²) in [6.07, 6.45) is 2.36. The number of urea groups is 1. The molecule has 0 bridgehead atoms. The van der Waals surface area contributed by atoms with Crippen LogP contribution in [0, 0.1) is 13.8 Å². The predicted octanol–water partition coefficient (Wildman–Crippen LogP) is 5.11. The quantitative estimate of drug-likeness (QED) is 0.398. The standard InChI is InChI=1S/C23H24N6O2S/c1-5-18-15(3)26-22-24-13-25-29(22)21(18)32-17-9-7-16(8-10-17)27-23(30)28-19-12-14(2)6-11-20(19)31-4/h6-13H,5H2,1-4H3,(H2,27,28,30). The zero-order valence-electron chi connectivity index (χ0n) is 18.3. The predicted molar refractivity (Wildman–Crippen MR) is 126 cm³/mol. The van der Waals surface area contributed by atoms with Crippen molar-refractivity contribution in [1.82, 2.24) is 19.6 Å². The largest absolute Gasteiger partial charge is 0.495 e. The molecule has 0 radical (unpaired) electrons. The lowest BCUT2D eigenvalue weighted by Gasteiger charge is -2.13. The van der Waals surface area contributed by atoms with Crippen LogP contribution in [0.2, 0.25) is 0 Å². The first-order valence-electron chi connectivity index (χ1n) is 10.2. The molecule has 0 unspecified atom stereocenters. The highest BCUT2D eigenvalue weighted by molar-refractivity contribution is 7.99. The Labute approximate surface area is 190 Å². The van der Waals surface area contributed by atoms with Crippen molar-refractivity contribution in [3.8, 4) is 5.75 Å². The average molecular weight is 449 g/mol. The van der Waals surface area contributed by atoms with Crippen LogP contribution in [-0.4, -0.2) is 32.7 Å². The van der Waals surface area contributed by atoms with Gasteiger partial charge in [0.2, 0.25) is 0 Å². The molecule has 0 saturated carbocycles. The Bertz CT molecular complexity index is 1270. The van der Waals surface area contributed by atoms with Crippen LogP contribution in [0.15, 0.2) is 58.7 Å². The van der Waals surface area contributed by atoms with Gasteiger partial charge in [0, 0.05) is 21.8 Å². The van der Waals surface area contributed by atoms with Gasteiger partial charge in [-0.3, -0.25) is 0 Å². The van der Waals surface area contributed by atoms with Gasteiger partial charge >= 0.3 is 6.03 Å². The molecular formula is C23H24N6O2S. The lowest BCUT2D eigenvalue weighted by Crippen LogP contribution is -2.19. The molecule has 4 aromatic rings. The summed E-state index contributed by atoms with van der Waals surface area (Å²) in [5, 5.41) is 11.0. The Kier molecular flexibility index (Phi) is 6.27. The number of benzene rings is 2. The number of ether oxygens (including phenoxy) is 1. The summed E-state index contributed by atoms with van der Waals surface area (Å²) in [6, 6.07) is 13.0. The zero-order valence-corrected chi connectivity index (χ0v) is 19.2. The van der Waals surface area contributed by atoms with Crippen LogP contribution >= 0.6 is 11.8 Å². The zero-order chi connectivity index (χ0) is 22.7. The molecule has 8 nitrogen and oxygen atoms in total. The summed E-state index contributed by atoms with van der Waals surface area (Å²) < 4.78 is 7.08. The molecule has 2 aromatic carbocycles. The van der Waals surface area contributed by atoms with Crippen molar-refractivity contribution >= 4 is 34.9 Å². The number of methoxy groups -OCH3 is 1. The second-order valence-electron chi connectivity index (χ2n) is 7.22. The number of hydrogen-bond acceptors (Lipinski definition) is 6. The second-order valence-corrected chi connectivity index (χ2v) is 8.28. The van der Waals surface area contributed by atoms with E-state index in [0.29, 0.717) is 22.9 Å². The summed E-state index contributed by atoms with van der Waals surface area (Å²) >= 11 is 1.60. The van der Waals surface area contributed by atoms with Crippen molar-refractivity contribution in [1.29, 1.82) is 0 Å². The molecule has 32 heavy (non-hydrogen) atoms. The van der Waals surface area contributed by atoms with E-state index in [1.807, 2.05) is 56.3 Å². The molecule has 4 rings (SSSR count). The number of rotatable bonds is 6. The van der Waals surface area contributed by atoms with Gasteiger partial charge in [0.05, 0.1) is 12.8 Å². The first kappa shape index (κ1) is 21.6. The fraction of sp³-hybridized carbons (Fsp3) is 0.217. The Morgan fingerprint density at radius 1 is 1.12 bits per heavy atom. The van der Waals surface area contributed by atoms with Crippen molar-refractivity contribution in [3.05, 3.63) is 65.6 Å². The van der Waals surface area contributed by atoms with Gasteiger partial charge in [0.1, 0.15) is 17.1 Å². The van der Waals surface area contributed by atoms with Gasteiger partial charge in [-0.2, -0.15) is 14.6 Å². The number of aromatic nitrogens is 4. The molecule has 0 aliphatic heterocycles. The fourth-order valence-electron chi connectivity index (χ4n) is 3.39. The van der Waals surface area contributed by atoms with E-state index in [1.54, 1.807) is 23.4 Å². The highest BCUT2D eigenvalue weighted by Crippen LogP contribution is 2.32. The average Bonchev–Trinajstić information content (AvgIpc) is 3.23. The van der Waals surface area contributed by atoms with E-state index in [-0.39, 0.29) is 6.03 Å². The Balaban J connectivity index is 1.49. The smallest absolute Gasteiger partial charge is 0.323 e. The third kappa shape index (κ3) is 4.52. The lowest BCUT2D eigenvalue weighted by molar-refractivity contribution is 0.262. The fourth-order valence-corrected chi connectivity index (χ4v) is 4.51. The van der Waals surface area contributed by atoms with Gasteiger partial charge in [0.15, 0.2) is 0 Å². The van der Waals surface area contributed by atoms with Crippen LogP contribution in [0.3, 0.4) is 0 Å². The summed E-state index contributed by atoms with van der Waals surface area (Å²) in [5.41, 5.74) is 4.43. The van der Waals surface area contributed by atoms with E-state index >= 15 is 0 Å². The van der Waals surface area contributed by atoms with Gasteiger partial charge in [-0.1, -0.05) is 24.8 Å². The van der Waals surface area contributed by atoms with Gasteiger partial charge in [-0.15, -0.1) is 0 Å². The van der Waals surface area contributed by atoms with Crippen LogP contribution in [0.5, 0.6) is 5.75 Å². The molecule has 2 N–H and O–H groups in total. The van der Waals surface area contributed by atoms with E-state index in [1.165, 1.54) is 6.33 Å². The van der Waals surface area contributed by atoms with E-state index < -0.39 is 0 Å². The maximum absolute atomic E-state index is 12.5. The Hall–Kier alpha value is -3.59. The number of carbonyl (C=O) groups excluding carboxylic acids is 1. The number of aryl methyl sites for hydroxylation is 2. The minimum absolute atomic E-state index is 0.336. The topological polar surface area (TPSA) is 93.4 Å². The molecule has 0 aliphatic carbocycles. The van der Waals surface area contributed by atoms with E-state index in [0.717, 1.165) is 33.2 Å². The molecule has 0 spiro atoms. The Morgan fingerprint density at radius 2 is 1.91 bits per heavy atom. The van der Waals surface area contributed by atoms with Crippen molar-refractivity contribution in [2.45, 2.75) is 37.1 Å². The van der Waals surface area contributed by atoms with Gasteiger partial charge in [-0.25, -0.2) is 9.78 Å². The van der Waals surface area contributed by atoms with Crippen LogP contribution < -0.4 is 15.4 Å². The van der Waals surface area contributed by atoms with Crippen molar-refractivity contribution in [3.63, 3.8) is 0 Å². The monoisotopic (exact) mass is 448 g/mol. The van der Waals surface area contributed by atoms with Crippen molar-refractivity contribution in [2.75, 3.05) is 17.7 Å². The SMILES string of the molecule is CCc1c(C)nc2ncnn2c1Sc1ccc(NC(=O)Nc2cc(C)ccc2OC)cc1. The maximum Gasteiger partial charge on any atom is 0.323 e. The Morgan fingerprint density at radius 3 is 2.62 bits per heavy atom. The number of anilines is 2. The summed E-state index contributed by atoms with van der Waals surface area (Å²) in [6.45, 7) is 6.05. The van der Waals surface area contributed by atoms with Crippen LogP contribution in [0.25, 0.3) is 5.78 Å². The molecule has 0 saturated heterocycles. The molecule has 0 fully saturated rings. The molecule has 2 heterocycles. The molecule has 164 valence electrons. The van der Waals surface area contributed by atoms with Crippen molar-refractivity contribution in [2.24, 2.45) is 0 Å². The number of fused-ring (bicyclic) bond motifs is 1. The molecule has 0 aliphatic rings. The van der Waals surface area contributed by atoms with E-state index in [2.05, 4.69) is 32.6 Å². The maximum atomic E-state index is 12.5. The van der Waals surface area contributed by atoms with Crippen LogP contribution in [0.1, 0.15) is 23.7 Å². The number of nitrogens with zero attached hydrogens (tertiary/aromatic N) is 4. The van der Waals surface area contributed by atoms with Crippen molar-refractivity contribution < 1.29 is 9.53 Å². The first-order chi connectivity index (χ1) is 15.5. The lowest BCUT2D eigenvalue weighted by atomic mass is 10.2. The van der Waals surface area contributed by atoms with E-state index in [9.17, 15) is 4.79 Å². The van der Waals surface area contributed by atoms with Gasteiger partial charge in [0.25, 0.3) is 5.78 Å². The van der Waals surface area contributed by atoms with E-state index in [4.69, 9.17) is 4.74 Å². The summed E-state index contributed by atoms with van der Waals surface area (Å²) in [7, 11) is 1.57. The molecular weight excluding hydrogens is 424 g/mol. The van der Waals surface area contributed by atoms with Crippen LogP contribution in [0.4, 0.5) is 16.2 Å². The number of nitrogens with one attached hydrogen (secondary N) is 2. The normalized spacial score (nSPS) is 10.9. The minimum atomic E-state index is -0.336. The highest BCUT2D eigenvalue weighted by Gasteiger charge is 2.15. The molecule has 9 heteroatoms. The third-order valence-electron chi connectivity index (χ3n) is 4.97. The molecule has 2 amide bonds. The van der Waals surface area contributed by atoms with Gasteiger partial charge < -0.3 is 15.4 Å². The highest BCUT2D eigenvalue weighted by atomic mass is 32.2. The summed E-state index contributed by atoms with van der Waals surface area (Å²) in [4.78, 5) is 22.2.